The number of rotatable bonds is 0. The summed E-state index contributed by atoms with van der Waals surface area (Å²) in [5, 5.41) is 4.50. The van der Waals surface area contributed by atoms with Crippen LogP contribution >= 0.6 is 24.0 Å². The van der Waals surface area contributed by atoms with Gasteiger partial charge in [0.1, 0.15) is 0 Å². The van der Waals surface area contributed by atoms with E-state index in [-0.39, 0.29) is 88.3 Å². The average molecular weight is 545 g/mol. The molecule has 0 saturated carbocycles. The molecule has 0 unspecified atom stereocenters. The van der Waals surface area contributed by atoms with Gasteiger partial charge in [0.2, 0.25) is 6.34 Å². The summed E-state index contributed by atoms with van der Waals surface area (Å²) in [6.07, 6.45) is 1.00. The molecule has 0 bridgehead atoms. The van der Waals surface area contributed by atoms with E-state index in [0.717, 1.165) is 6.34 Å². The topological polar surface area (TPSA) is 51.6 Å². The SMILES string of the molecule is NC=[NH2+].[Br][Pb][Br].[Cs+]. The van der Waals surface area contributed by atoms with Crippen molar-refractivity contribution in [2.75, 3.05) is 0 Å². The van der Waals surface area contributed by atoms with Gasteiger partial charge in [-0.1, -0.05) is 0 Å². The molecule has 0 rings (SSSR count). The minimum absolute atomic E-state index is 0. The second kappa shape index (κ2) is 22.7. The van der Waals surface area contributed by atoms with Crippen LogP contribution in [0.1, 0.15) is 0 Å². The molecular weight excluding hydrogens is 540 g/mol. The third-order valence-electron chi connectivity index (χ3n) is 0. The second-order valence-electron chi connectivity index (χ2n) is 0.264. The Morgan fingerprint density at radius 2 is 1.57 bits per heavy atom. The van der Waals surface area contributed by atoms with E-state index in [1.807, 2.05) is 0 Å². The molecule has 0 saturated heterocycles. The van der Waals surface area contributed by atoms with Crippen LogP contribution in [0.15, 0.2) is 0 Å². The van der Waals surface area contributed by atoms with Crippen molar-refractivity contribution in [3.05, 3.63) is 0 Å². The fourth-order valence-corrected chi connectivity index (χ4v) is 0. The van der Waals surface area contributed by atoms with Crippen LogP contribution in [0.4, 0.5) is 0 Å². The monoisotopic (exact) mass is 544 g/mol. The van der Waals surface area contributed by atoms with Crippen LogP contribution in [0.25, 0.3) is 0 Å². The quantitative estimate of drug-likeness (QED) is 0.183. The summed E-state index contributed by atoms with van der Waals surface area (Å²) in [4.78, 5) is 0. The molecule has 6 heteroatoms. The van der Waals surface area contributed by atoms with Crippen molar-refractivity contribution in [3.63, 3.8) is 0 Å². The summed E-state index contributed by atoms with van der Waals surface area (Å²) in [5.41, 5.74) is 4.50. The Labute approximate surface area is 126 Å². The Balaban J connectivity index is -0.0000000400. The number of hydrogen-bond acceptors (Lipinski definition) is 0. The maximum atomic E-state index is 4.50. The molecule has 0 aliphatic heterocycles. The molecule has 0 aliphatic carbocycles. The zero-order chi connectivity index (χ0) is 5.41. The van der Waals surface area contributed by atoms with E-state index in [4.69, 9.17) is 0 Å². The molecular formula is CH5Br2CsN2Pb+2. The first kappa shape index (κ1) is 16.8. The summed E-state index contributed by atoms with van der Waals surface area (Å²) >= 11 is 6.22. The van der Waals surface area contributed by atoms with Crippen LogP contribution in [0.5, 0.6) is 0 Å². The third kappa shape index (κ3) is 44.5. The summed E-state index contributed by atoms with van der Waals surface area (Å²) in [7, 11) is 0. The summed E-state index contributed by atoms with van der Waals surface area (Å²) in [5.74, 6) is 0. The Hall–Kier alpha value is 3.40. The first-order valence-corrected chi connectivity index (χ1v) is 17.9. The molecule has 0 atom stereocenters. The smallest absolute Gasteiger partial charge is 1.00 e. The van der Waals surface area contributed by atoms with E-state index in [9.17, 15) is 0 Å². The van der Waals surface area contributed by atoms with Gasteiger partial charge in [0, 0.05) is 0 Å². The zero-order valence-corrected chi connectivity index (χ0v) is 17.3. The van der Waals surface area contributed by atoms with Crippen molar-refractivity contribution in [2.45, 2.75) is 0 Å². The first-order chi connectivity index (χ1) is 2.83. The predicted molar refractivity (Wildman–Crippen MR) is 35.8 cm³/mol. The fourth-order valence-electron chi connectivity index (χ4n) is 0. The van der Waals surface area contributed by atoms with Gasteiger partial charge >= 0.3 is 112 Å². The third-order valence-corrected chi connectivity index (χ3v) is 0. The van der Waals surface area contributed by atoms with E-state index < -0.39 is 0 Å². The van der Waals surface area contributed by atoms with Crippen LogP contribution in [-0.4, -0.2) is 25.8 Å². The summed E-state index contributed by atoms with van der Waals surface area (Å²) < 4.78 is 0. The van der Waals surface area contributed by atoms with Gasteiger partial charge < -0.3 is 0 Å². The molecule has 2 nitrogen and oxygen atoms in total. The molecule has 0 heterocycles. The van der Waals surface area contributed by atoms with E-state index >= 15 is 0 Å². The normalized spacial score (nSPS) is 4.29. The summed E-state index contributed by atoms with van der Waals surface area (Å²) in [6, 6.07) is 0. The van der Waals surface area contributed by atoms with Crippen molar-refractivity contribution in [1.82, 2.24) is 0 Å². The maximum Gasteiger partial charge on any atom is 1.00 e. The maximum absolute atomic E-state index is 4.50. The van der Waals surface area contributed by atoms with Gasteiger partial charge in [0.25, 0.3) is 0 Å². The molecule has 2 radical (unpaired) electrons. The average Bonchev–Trinajstić information content (AvgIpc) is 1.39. The van der Waals surface area contributed by atoms with E-state index in [1.165, 1.54) is 0 Å². The number of hydrogen-bond donors (Lipinski definition) is 2. The molecule has 0 aliphatic rings. The molecule has 36 valence electrons. The standard InChI is InChI=1S/CH4N2.2BrH.Cs.Pb/c2-1-3;;;;/h1H,(H3,2,3);2*1H;;/q;;;+1;+2/p-1. The van der Waals surface area contributed by atoms with E-state index in [2.05, 4.69) is 35.1 Å². The molecule has 0 aromatic carbocycles. The van der Waals surface area contributed by atoms with Crippen molar-refractivity contribution >= 4 is 49.7 Å². The van der Waals surface area contributed by atoms with Crippen molar-refractivity contribution in [1.29, 1.82) is 0 Å². The Morgan fingerprint density at radius 3 is 1.57 bits per heavy atom. The van der Waals surface area contributed by atoms with Crippen LogP contribution in [0.3, 0.4) is 0 Å². The Bertz CT molecular complexity index is 29.7. The predicted octanol–water partition coefficient (Wildman–Crippen LogP) is -3.95. The van der Waals surface area contributed by atoms with Gasteiger partial charge in [-0.2, -0.15) is 0 Å². The Kier molecular flexibility index (Phi) is 54.5. The molecule has 4 N–H and O–H groups in total. The largest absolute Gasteiger partial charge is 1.00 e. The number of nitrogens with two attached hydrogens (primary N) is 2. The van der Waals surface area contributed by atoms with Gasteiger partial charge in [0.15, 0.2) is 0 Å². The molecule has 0 aromatic rings. The number of halogens is 2. The zero-order valence-electron chi connectivity index (χ0n) is 3.99. The summed E-state index contributed by atoms with van der Waals surface area (Å²) in [6.45, 7) is 0. The van der Waals surface area contributed by atoms with Crippen LogP contribution in [0.2, 0.25) is 0 Å². The molecule has 0 spiro atoms. The van der Waals surface area contributed by atoms with Crippen LogP contribution < -0.4 is 80.0 Å². The van der Waals surface area contributed by atoms with Gasteiger partial charge in [-0.05, 0) is 0 Å². The van der Waals surface area contributed by atoms with Crippen molar-refractivity contribution in [3.8, 4) is 0 Å². The fraction of sp³-hybridized carbons (Fsp3) is 0. The van der Waals surface area contributed by atoms with Crippen molar-refractivity contribution < 1.29 is 74.3 Å². The van der Waals surface area contributed by atoms with Crippen LogP contribution in [0, 0.1) is 0 Å². The molecule has 0 amide bonds. The van der Waals surface area contributed by atoms with E-state index in [0.29, 0.717) is 0 Å². The minimum atomic E-state index is -0.292. The van der Waals surface area contributed by atoms with Gasteiger partial charge in [-0.3, -0.25) is 11.1 Å². The Morgan fingerprint density at radius 1 is 1.57 bits per heavy atom. The molecule has 7 heavy (non-hydrogen) atoms. The van der Waals surface area contributed by atoms with Crippen LogP contribution in [-0.2, 0) is 0 Å². The van der Waals surface area contributed by atoms with E-state index in [1.54, 1.807) is 0 Å². The minimum Gasteiger partial charge on any atom is 1.00 e. The van der Waals surface area contributed by atoms with Gasteiger partial charge in [-0.15, -0.1) is 0 Å². The molecule has 0 aromatic heterocycles. The first-order valence-electron chi connectivity index (χ1n) is 1.04. The van der Waals surface area contributed by atoms with Crippen molar-refractivity contribution in [2.24, 2.45) is 5.73 Å². The van der Waals surface area contributed by atoms with Gasteiger partial charge in [-0.25, -0.2) is 0 Å². The van der Waals surface area contributed by atoms with Gasteiger partial charge in [0.05, 0.1) is 0 Å². The second-order valence-corrected chi connectivity index (χ2v) is 17.1. The molecule has 0 fully saturated rings.